The quantitative estimate of drug-likeness (QED) is 0.466. The Morgan fingerprint density at radius 1 is 1.20 bits per heavy atom. The van der Waals surface area contributed by atoms with Gasteiger partial charge in [0.1, 0.15) is 11.6 Å². The normalized spacial score (nSPS) is 11.2. The molecule has 0 saturated heterocycles. The van der Waals surface area contributed by atoms with Crippen LogP contribution in [0, 0.1) is 9.39 Å². The van der Waals surface area contributed by atoms with E-state index in [2.05, 4.69) is 32.1 Å². The fourth-order valence-electron chi connectivity index (χ4n) is 2.26. The molecule has 0 radical (unpaired) electrons. The van der Waals surface area contributed by atoms with E-state index >= 15 is 0 Å². The van der Waals surface area contributed by atoms with E-state index in [0.29, 0.717) is 17.8 Å². The van der Waals surface area contributed by atoms with Crippen LogP contribution >= 0.6 is 34.2 Å². The molecule has 3 rings (SSSR count). The van der Waals surface area contributed by atoms with Crippen molar-refractivity contribution in [3.63, 3.8) is 0 Å². The molecule has 2 aromatic carbocycles. The number of fused-ring (bicyclic) bond motifs is 1. The van der Waals surface area contributed by atoms with Crippen LogP contribution in [0.4, 0.5) is 4.39 Å². The molecule has 5 heteroatoms. The largest absolute Gasteiger partial charge is 0.295 e. The topological polar surface area (TPSA) is 17.8 Å². The molecule has 20 heavy (non-hydrogen) atoms. The second kappa shape index (κ2) is 5.69. The molecule has 0 amide bonds. The molecule has 0 spiro atoms. The Morgan fingerprint density at radius 2 is 2.00 bits per heavy atom. The first kappa shape index (κ1) is 13.8. The number of aromatic nitrogens is 2. The minimum absolute atomic E-state index is 0.276. The van der Waals surface area contributed by atoms with E-state index < -0.39 is 0 Å². The Labute approximate surface area is 134 Å². The minimum atomic E-state index is -0.276. The van der Waals surface area contributed by atoms with Gasteiger partial charge in [-0.3, -0.25) is 4.57 Å². The van der Waals surface area contributed by atoms with E-state index in [9.17, 15) is 4.39 Å². The number of para-hydroxylation sites is 1. The van der Waals surface area contributed by atoms with Crippen molar-refractivity contribution in [1.82, 2.24) is 9.55 Å². The van der Waals surface area contributed by atoms with Crippen molar-refractivity contribution in [3.8, 4) is 5.69 Å². The van der Waals surface area contributed by atoms with Gasteiger partial charge in [0, 0.05) is 21.9 Å². The lowest BCUT2D eigenvalue weighted by Crippen LogP contribution is -2.03. The maximum Gasteiger partial charge on any atom is 0.125 e. The van der Waals surface area contributed by atoms with Crippen LogP contribution in [-0.4, -0.2) is 15.4 Å². The van der Waals surface area contributed by atoms with Crippen LogP contribution in [0.5, 0.6) is 0 Å². The molecule has 1 aromatic heterocycles. The summed E-state index contributed by atoms with van der Waals surface area (Å²) in [6.07, 6.45) is 0.642. The number of halogens is 3. The van der Waals surface area contributed by atoms with Crippen molar-refractivity contribution in [2.24, 2.45) is 0 Å². The highest BCUT2D eigenvalue weighted by atomic mass is 127. The number of alkyl halides is 1. The first-order chi connectivity index (χ1) is 9.70. The minimum Gasteiger partial charge on any atom is -0.295 e. The summed E-state index contributed by atoms with van der Waals surface area (Å²) in [6, 6.07) is 12.7. The molecule has 1 heterocycles. The summed E-state index contributed by atoms with van der Waals surface area (Å²) >= 11 is 8.16. The first-order valence-electron chi connectivity index (χ1n) is 6.18. The smallest absolute Gasteiger partial charge is 0.125 e. The van der Waals surface area contributed by atoms with Gasteiger partial charge in [-0.05, 0) is 46.9 Å². The maximum absolute atomic E-state index is 13.4. The Morgan fingerprint density at radius 3 is 2.75 bits per heavy atom. The van der Waals surface area contributed by atoms with E-state index in [0.717, 1.165) is 20.6 Å². The highest BCUT2D eigenvalue weighted by Gasteiger charge is 2.14. The molecule has 0 atom stereocenters. The fraction of sp³-hybridized carbons (Fsp3) is 0.133. The predicted octanol–water partition coefficient (Wildman–Crippen LogP) is 4.55. The lowest BCUT2D eigenvalue weighted by Gasteiger charge is -2.10. The molecule has 0 saturated carbocycles. The van der Waals surface area contributed by atoms with Crippen molar-refractivity contribution in [1.29, 1.82) is 0 Å². The van der Waals surface area contributed by atoms with Crippen molar-refractivity contribution in [2.45, 2.75) is 6.42 Å². The molecule has 0 aliphatic carbocycles. The highest BCUT2D eigenvalue weighted by molar-refractivity contribution is 14.1. The molecule has 0 bridgehead atoms. The summed E-state index contributed by atoms with van der Waals surface area (Å²) in [5.41, 5.74) is 2.60. The number of hydrogen-bond donors (Lipinski definition) is 0. The summed E-state index contributed by atoms with van der Waals surface area (Å²) in [5.74, 6) is 1.06. The number of aryl methyl sites for hydroxylation is 1. The zero-order valence-electron chi connectivity index (χ0n) is 10.5. The van der Waals surface area contributed by atoms with E-state index in [1.54, 1.807) is 6.07 Å². The van der Waals surface area contributed by atoms with Crippen molar-refractivity contribution < 1.29 is 4.39 Å². The predicted molar refractivity (Wildman–Crippen MR) is 88.2 cm³/mol. The maximum atomic E-state index is 13.4. The van der Waals surface area contributed by atoms with Crippen LogP contribution in [0.3, 0.4) is 0 Å². The van der Waals surface area contributed by atoms with Gasteiger partial charge in [-0.15, -0.1) is 11.6 Å². The summed E-state index contributed by atoms with van der Waals surface area (Å²) in [4.78, 5) is 4.52. The molecule has 3 aromatic rings. The van der Waals surface area contributed by atoms with Gasteiger partial charge in [0.25, 0.3) is 0 Å². The molecule has 0 aliphatic heterocycles. The Kier molecular flexibility index (Phi) is 3.94. The first-order valence-corrected chi connectivity index (χ1v) is 7.80. The lowest BCUT2D eigenvalue weighted by molar-refractivity contribution is 0.629. The molecule has 2 nitrogen and oxygen atoms in total. The van der Waals surface area contributed by atoms with Gasteiger partial charge in [-0.25, -0.2) is 9.37 Å². The van der Waals surface area contributed by atoms with Gasteiger partial charge in [-0.2, -0.15) is 0 Å². The zero-order chi connectivity index (χ0) is 14.1. The van der Waals surface area contributed by atoms with Crippen molar-refractivity contribution in [3.05, 3.63) is 57.7 Å². The van der Waals surface area contributed by atoms with Crippen LogP contribution in [-0.2, 0) is 6.42 Å². The van der Waals surface area contributed by atoms with E-state index in [-0.39, 0.29) is 5.82 Å². The number of nitrogens with zero attached hydrogens (tertiary/aromatic N) is 2. The molecular formula is C15H11ClFIN2. The average Bonchev–Trinajstić information content (AvgIpc) is 2.77. The second-order valence-corrected chi connectivity index (χ2v) is 5.93. The third-order valence-electron chi connectivity index (χ3n) is 3.10. The van der Waals surface area contributed by atoms with Crippen LogP contribution in [0.1, 0.15) is 5.82 Å². The van der Waals surface area contributed by atoms with Gasteiger partial charge in [0.05, 0.1) is 16.7 Å². The fourth-order valence-corrected chi connectivity index (χ4v) is 3.06. The Bertz CT molecular complexity index is 770. The highest BCUT2D eigenvalue weighted by Crippen LogP contribution is 2.26. The van der Waals surface area contributed by atoms with Gasteiger partial charge in [0.2, 0.25) is 0 Å². The summed E-state index contributed by atoms with van der Waals surface area (Å²) in [5, 5.41) is 0. The van der Waals surface area contributed by atoms with Crippen LogP contribution < -0.4 is 0 Å². The molecule has 0 N–H and O–H groups in total. The van der Waals surface area contributed by atoms with Crippen molar-refractivity contribution in [2.75, 3.05) is 5.88 Å². The standard InChI is InChI=1S/C15H11ClFIN2/c16-8-7-15-19-12-9-10(17)5-6-14(12)20(15)13-4-2-1-3-11(13)18/h1-6,9H,7-8H2. The number of rotatable bonds is 3. The zero-order valence-corrected chi connectivity index (χ0v) is 13.4. The molecule has 0 aliphatic rings. The van der Waals surface area contributed by atoms with Crippen molar-refractivity contribution >= 4 is 45.2 Å². The van der Waals surface area contributed by atoms with Gasteiger partial charge in [-0.1, -0.05) is 12.1 Å². The Balaban J connectivity index is 2.32. The monoisotopic (exact) mass is 400 g/mol. The molecule has 102 valence electrons. The van der Waals surface area contributed by atoms with Crippen LogP contribution in [0.15, 0.2) is 42.5 Å². The van der Waals surface area contributed by atoms with Crippen LogP contribution in [0.25, 0.3) is 16.7 Å². The van der Waals surface area contributed by atoms with Gasteiger partial charge in [0.15, 0.2) is 0 Å². The van der Waals surface area contributed by atoms with Gasteiger partial charge < -0.3 is 0 Å². The number of benzene rings is 2. The van der Waals surface area contributed by atoms with E-state index in [1.807, 2.05) is 24.3 Å². The van der Waals surface area contributed by atoms with Gasteiger partial charge >= 0.3 is 0 Å². The third kappa shape index (κ3) is 2.42. The SMILES string of the molecule is Fc1ccc2c(c1)nc(CCCl)n2-c1ccccc1I. The Hall–Kier alpha value is -1.14. The number of imidazole rings is 1. The van der Waals surface area contributed by atoms with E-state index in [1.165, 1.54) is 12.1 Å². The molecular weight excluding hydrogens is 390 g/mol. The average molecular weight is 401 g/mol. The summed E-state index contributed by atoms with van der Waals surface area (Å²) in [6.45, 7) is 0. The lowest BCUT2D eigenvalue weighted by atomic mass is 10.2. The van der Waals surface area contributed by atoms with E-state index in [4.69, 9.17) is 11.6 Å². The van der Waals surface area contributed by atoms with Crippen LogP contribution in [0.2, 0.25) is 0 Å². The summed E-state index contributed by atoms with van der Waals surface area (Å²) in [7, 11) is 0. The molecule has 0 fully saturated rings. The third-order valence-corrected chi connectivity index (χ3v) is 4.20. The summed E-state index contributed by atoms with van der Waals surface area (Å²) < 4.78 is 16.5. The molecule has 0 unspecified atom stereocenters. The number of hydrogen-bond acceptors (Lipinski definition) is 1. The second-order valence-electron chi connectivity index (χ2n) is 4.39.